The number of nitrogens with one attached hydrogen (secondary N) is 1. The Bertz CT molecular complexity index is 863. The monoisotopic (exact) mass is 398 g/mol. The van der Waals surface area contributed by atoms with Crippen LogP contribution in [0.2, 0.25) is 0 Å². The second-order valence-corrected chi connectivity index (χ2v) is 6.62. The number of hydrogen-bond acceptors (Lipinski definition) is 6. The fourth-order valence-electron chi connectivity index (χ4n) is 2.75. The highest BCUT2D eigenvalue weighted by Crippen LogP contribution is 2.27. The zero-order valence-electron chi connectivity index (χ0n) is 16.9. The lowest BCUT2D eigenvalue weighted by Crippen LogP contribution is -2.17. The normalized spacial score (nSPS) is 10.7. The highest BCUT2D eigenvalue weighted by molar-refractivity contribution is 5.84. The first-order valence-electron chi connectivity index (χ1n) is 9.40. The number of rotatable bonds is 10. The summed E-state index contributed by atoms with van der Waals surface area (Å²) in [7, 11) is 3.48. The molecule has 0 heterocycles. The first kappa shape index (κ1) is 21.9. The molecular formula is C21H26N4O4. The lowest BCUT2D eigenvalue weighted by atomic mass is 10.1. The number of anilines is 1. The molecule has 2 aromatic carbocycles. The molecule has 1 amide bonds. The number of benzene rings is 2. The van der Waals surface area contributed by atoms with Gasteiger partial charge in [0, 0.05) is 32.1 Å². The van der Waals surface area contributed by atoms with Crippen molar-refractivity contribution in [3.05, 3.63) is 63.7 Å². The number of hydrogen-bond donors (Lipinski definition) is 1. The molecule has 0 aliphatic carbocycles. The topological polar surface area (TPSA) is 97.1 Å². The van der Waals surface area contributed by atoms with Gasteiger partial charge >= 0.3 is 0 Å². The fraction of sp³-hybridized carbons (Fsp3) is 0.333. The molecule has 0 aliphatic rings. The highest BCUT2D eigenvalue weighted by atomic mass is 16.6. The number of nitrogens with zero attached hydrogens (tertiary/aromatic N) is 3. The van der Waals surface area contributed by atoms with E-state index in [2.05, 4.69) is 10.5 Å². The van der Waals surface area contributed by atoms with Crippen molar-refractivity contribution in [2.24, 2.45) is 5.10 Å². The van der Waals surface area contributed by atoms with Gasteiger partial charge in [-0.2, -0.15) is 5.10 Å². The molecule has 0 radical (unpaired) electrons. The van der Waals surface area contributed by atoms with Gasteiger partial charge in [-0.25, -0.2) is 5.43 Å². The Balaban J connectivity index is 1.82. The van der Waals surface area contributed by atoms with E-state index in [-0.39, 0.29) is 11.6 Å². The number of nitro groups is 1. The average molecular weight is 398 g/mol. The van der Waals surface area contributed by atoms with Crippen LogP contribution in [0.5, 0.6) is 5.75 Å². The summed E-state index contributed by atoms with van der Waals surface area (Å²) in [5, 5.41) is 15.1. The van der Waals surface area contributed by atoms with Crippen molar-refractivity contribution < 1.29 is 14.5 Å². The molecule has 0 bridgehead atoms. The van der Waals surface area contributed by atoms with E-state index in [1.807, 2.05) is 31.2 Å². The Hall–Kier alpha value is -3.42. The fourth-order valence-corrected chi connectivity index (χ4v) is 2.75. The van der Waals surface area contributed by atoms with Crippen LogP contribution in [0.15, 0.2) is 47.6 Å². The molecule has 0 saturated heterocycles. The number of amides is 1. The van der Waals surface area contributed by atoms with Gasteiger partial charge in [-0.3, -0.25) is 14.9 Å². The summed E-state index contributed by atoms with van der Waals surface area (Å²) < 4.78 is 5.40. The van der Waals surface area contributed by atoms with Crippen molar-refractivity contribution in [1.82, 2.24) is 5.43 Å². The first-order chi connectivity index (χ1) is 13.9. The van der Waals surface area contributed by atoms with Gasteiger partial charge in [0.1, 0.15) is 11.4 Å². The van der Waals surface area contributed by atoms with E-state index in [1.54, 1.807) is 31.1 Å². The minimum absolute atomic E-state index is 0.0133. The molecule has 0 atom stereocenters. The van der Waals surface area contributed by atoms with Gasteiger partial charge in [0.15, 0.2) is 0 Å². The van der Waals surface area contributed by atoms with Crippen molar-refractivity contribution in [3.8, 4) is 5.75 Å². The van der Waals surface area contributed by atoms with Crippen LogP contribution >= 0.6 is 0 Å². The number of carbonyl (C=O) groups is 1. The largest absolute Gasteiger partial charge is 0.494 e. The van der Waals surface area contributed by atoms with Crippen molar-refractivity contribution >= 4 is 23.5 Å². The Morgan fingerprint density at radius 3 is 2.59 bits per heavy atom. The third kappa shape index (κ3) is 6.91. The first-order valence-corrected chi connectivity index (χ1v) is 9.40. The van der Waals surface area contributed by atoms with Crippen molar-refractivity contribution in [2.45, 2.75) is 26.2 Å². The van der Waals surface area contributed by atoms with Crippen molar-refractivity contribution in [2.75, 3.05) is 25.6 Å². The van der Waals surface area contributed by atoms with Crippen LogP contribution in [0, 0.1) is 10.1 Å². The van der Waals surface area contributed by atoms with Gasteiger partial charge in [-0.05, 0) is 43.5 Å². The SMILES string of the molecule is CCOc1ccc(CCCC(=O)NN=Cc2ccc(N(C)C)c([N+](=O)[O-])c2)cc1. The summed E-state index contributed by atoms with van der Waals surface area (Å²) in [6.07, 6.45) is 3.21. The zero-order valence-corrected chi connectivity index (χ0v) is 16.9. The van der Waals surface area contributed by atoms with Gasteiger partial charge in [-0.1, -0.05) is 18.2 Å². The van der Waals surface area contributed by atoms with E-state index in [9.17, 15) is 14.9 Å². The molecular weight excluding hydrogens is 372 g/mol. The lowest BCUT2D eigenvalue weighted by Gasteiger charge is -2.12. The van der Waals surface area contributed by atoms with Crippen LogP contribution in [-0.2, 0) is 11.2 Å². The Morgan fingerprint density at radius 1 is 1.24 bits per heavy atom. The predicted octanol–water partition coefficient (Wildman–Crippen LogP) is 3.53. The number of aryl methyl sites for hydroxylation is 1. The Morgan fingerprint density at radius 2 is 1.97 bits per heavy atom. The van der Waals surface area contributed by atoms with E-state index in [4.69, 9.17) is 4.74 Å². The molecule has 8 heteroatoms. The molecule has 29 heavy (non-hydrogen) atoms. The van der Waals surface area contributed by atoms with Crippen molar-refractivity contribution in [1.29, 1.82) is 0 Å². The maximum absolute atomic E-state index is 11.9. The third-order valence-electron chi connectivity index (χ3n) is 4.18. The lowest BCUT2D eigenvalue weighted by molar-refractivity contribution is -0.384. The molecule has 0 unspecified atom stereocenters. The predicted molar refractivity (Wildman–Crippen MR) is 114 cm³/mol. The van der Waals surface area contributed by atoms with Gasteiger partial charge in [0.05, 0.1) is 17.7 Å². The highest BCUT2D eigenvalue weighted by Gasteiger charge is 2.15. The summed E-state index contributed by atoms with van der Waals surface area (Å²) in [5.41, 5.74) is 4.63. The molecule has 0 saturated carbocycles. The molecule has 1 N–H and O–H groups in total. The van der Waals surface area contributed by atoms with Crippen LogP contribution < -0.4 is 15.1 Å². The molecule has 2 aromatic rings. The molecule has 0 aliphatic heterocycles. The van der Waals surface area contributed by atoms with Crippen molar-refractivity contribution in [3.63, 3.8) is 0 Å². The number of hydrazone groups is 1. The van der Waals surface area contributed by atoms with Crippen LogP contribution in [-0.4, -0.2) is 37.7 Å². The summed E-state index contributed by atoms with van der Waals surface area (Å²) in [5.74, 6) is 0.633. The quantitative estimate of drug-likeness (QED) is 0.375. The van der Waals surface area contributed by atoms with E-state index in [0.29, 0.717) is 30.7 Å². The molecule has 8 nitrogen and oxygen atoms in total. The minimum Gasteiger partial charge on any atom is -0.494 e. The summed E-state index contributed by atoms with van der Waals surface area (Å²) >= 11 is 0. The van der Waals surface area contributed by atoms with E-state index < -0.39 is 4.92 Å². The molecule has 0 aromatic heterocycles. The third-order valence-corrected chi connectivity index (χ3v) is 4.18. The summed E-state index contributed by atoms with van der Waals surface area (Å²) in [6.45, 7) is 2.57. The van der Waals surface area contributed by atoms with Crippen LogP contribution in [0.25, 0.3) is 0 Å². The van der Waals surface area contributed by atoms with Crippen LogP contribution in [0.4, 0.5) is 11.4 Å². The molecule has 0 fully saturated rings. The van der Waals surface area contributed by atoms with Gasteiger partial charge in [0.2, 0.25) is 5.91 Å². The maximum Gasteiger partial charge on any atom is 0.293 e. The molecule has 0 spiro atoms. The number of nitro benzene ring substituents is 1. The Labute approximate surface area is 170 Å². The van der Waals surface area contributed by atoms with E-state index in [0.717, 1.165) is 17.7 Å². The van der Waals surface area contributed by atoms with Crippen LogP contribution in [0.3, 0.4) is 0 Å². The van der Waals surface area contributed by atoms with Gasteiger partial charge < -0.3 is 9.64 Å². The summed E-state index contributed by atoms with van der Waals surface area (Å²) in [4.78, 5) is 24.4. The average Bonchev–Trinajstić information content (AvgIpc) is 2.69. The van der Waals surface area contributed by atoms with Gasteiger partial charge in [0.25, 0.3) is 5.69 Å². The number of carbonyl (C=O) groups excluding carboxylic acids is 1. The van der Waals surface area contributed by atoms with E-state index in [1.165, 1.54) is 12.3 Å². The standard InChI is InChI=1S/C21H26N4O4/c1-4-29-18-11-8-16(9-12-18)6-5-7-21(26)23-22-15-17-10-13-19(24(2)3)20(14-17)25(27)28/h8-15H,4-7H2,1-3H3,(H,23,26). The minimum atomic E-state index is -0.438. The molecule has 154 valence electrons. The Kier molecular flexibility index (Phi) is 8.14. The smallest absolute Gasteiger partial charge is 0.293 e. The van der Waals surface area contributed by atoms with Crippen LogP contribution in [0.1, 0.15) is 30.9 Å². The zero-order chi connectivity index (χ0) is 21.2. The number of ether oxygens (including phenoxy) is 1. The second-order valence-electron chi connectivity index (χ2n) is 6.62. The van der Waals surface area contributed by atoms with Gasteiger partial charge in [-0.15, -0.1) is 0 Å². The maximum atomic E-state index is 11.9. The molecule has 2 rings (SSSR count). The second kappa shape index (κ2) is 10.8. The summed E-state index contributed by atoms with van der Waals surface area (Å²) in [6, 6.07) is 12.6. The van der Waals surface area contributed by atoms with E-state index >= 15 is 0 Å².